The Morgan fingerprint density at radius 3 is 1.67 bits per heavy atom. The van der Waals surface area contributed by atoms with Crippen molar-refractivity contribution in [1.82, 2.24) is 8.83 Å². The number of rotatable bonds is 3. The molecule has 0 aliphatic rings. The van der Waals surface area contributed by atoms with Gasteiger partial charge in [-0.25, -0.2) is 21.6 Å². The zero-order valence-corrected chi connectivity index (χ0v) is 10.3. The number of carbonyl (C=O) groups is 1. The first-order valence-corrected chi connectivity index (χ1v) is 7.23. The van der Waals surface area contributed by atoms with Gasteiger partial charge in [-0.2, -0.15) is 0 Å². The smallest absolute Gasteiger partial charge is 0.439 e. The number of methoxy groups -OCH3 is 1. The second-order valence-corrected chi connectivity index (χ2v) is 6.48. The highest BCUT2D eigenvalue weighted by molar-refractivity contribution is 7.91. The van der Waals surface area contributed by atoms with Gasteiger partial charge in [0.1, 0.15) is 0 Å². The number of hydrazine groups is 1. The van der Waals surface area contributed by atoms with Gasteiger partial charge in [0.25, 0.3) is 10.0 Å². The van der Waals surface area contributed by atoms with Crippen molar-refractivity contribution < 1.29 is 26.4 Å². The molecule has 0 aromatic heterocycles. The summed E-state index contributed by atoms with van der Waals surface area (Å²) >= 11 is 0. The first kappa shape index (κ1) is 14.1. The molecule has 90 valence electrons. The Hall–Kier alpha value is -0.870. The van der Waals surface area contributed by atoms with Crippen molar-refractivity contribution in [3.8, 4) is 0 Å². The van der Waals surface area contributed by atoms with Crippen molar-refractivity contribution in [3.63, 3.8) is 0 Å². The van der Waals surface area contributed by atoms with Crippen molar-refractivity contribution >= 4 is 26.1 Å². The van der Waals surface area contributed by atoms with E-state index in [1.54, 1.807) is 0 Å². The average molecular weight is 260 g/mol. The zero-order chi connectivity index (χ0) is 12.4. The van der Waals surface area contributed by atoms with Gasteiger partial charge in [0.2, 0.25) is 10.0 Å². The lowest BCUT2D eigenvalue weighted by Crippen LogP contribution is -2.49. The summed E-state index contributed by atoms with van der Waals surface area (Å²) in [6.07, 6.45) is 0.144. The molecule has 0 fully saturated rings. The van der Waals surface area contributed by atoms with Crippen molar-refractivity contribution in [2.45, 2.75) is 0 Å². The van der Waals surface area contributed by atoms with Crippen LogP contribution >= 0.6 is 0 Å². The lowest BCUT2D eigenvalue weighted by molar-refractivity contribution is 0.109. The molecule has 0 saturated heterocycles. The molecule has 0 atom stereocenters. The Balaban J connectivity index is 5.44. The molecule has 0 aromatic carbocycles. The molecule has 0 N–H and O–H groups in total. The van der Waals surface area contributed by atoms with Crippen molar-refractivity contribution in [1.29, 1.82) is 0 Å². The highest BCUT2D eigenvalue weighted by Gasteiger charge is 2.33. The standard InChI is InChI=1S/C5H12N2O6S2/c1-6(14(3,9)10)7(5(8)13-2)15(4,11)12/h1-4H3. The van der Waals surface area contributed by atoms with Gasteiger partial charge in [-0.3, -0.25) is 0 Å². The van der Waals surface area contributed by atoms with Crippen LogP contribution in [0.4, 0.5) is 4.79 Å². The quantitative estimate of drug-likeness (QED) is 0.592. The largest absolute Gasteiger partial charge is 0.451 e. The summed E-state index contributed by atoms with van der Waals surface area (Å²) in [5, 5.41) is 0. The molecule has 0 aliphatic heterocycles. The molecule has 0 rings (SSSR count). The first-order chi connectivity index (χ1) is 6.51. The molecule has 0 aromatic rings. The van der Waals surface area contributed by atoms with Crippen LogP contribution in [-0.4, -0.2) is 58.4 Å². The summed E-state index contributed by atoms with van der Waals surface area (Å²) in [6.45, 7) is 0. The van der Waals surface area contributed by atoms with Gasteiger partial charge in [0.15, 0.2) is 0 Å². The minimum absolute atomic E-state index is 0.0162. The van der Waals surface area contributed by atoms with Gasteiger partial charge in [-0.05, 0) is 0 Å². The van der Waals surface area contributed by atoms with E-state index in [0.29, 0.717) is 6.26 Å². The Labute approximate surface area is 88.5 Å². The molecule has 0 bridgehead atoms. The molecule has 1 amide bonds. The van der Waals surface area contributed by atoms with Gasteiger partial charge in [0, 0.05) is 7.05 Å². The minimum atomic E-state index is -4.05. The van der Waals surface area contributed by atoms with Crippen molar-refractivity contribution in [3.05, 3.63) is 0 Å². The van der Waals surface area contributed by atoms with Gasteiger partial charge < -0.3 is 4.74 Å². The summed E-state index contributed by atoms with van der Waals surface area (Å²) in [4.78, 5) is 11.1. The van der Waals surface area contributed by atoms with E-state index >= 15 is 0 Å². The maximum Gasteiger partial charge on any atom is 0.439 e. The molecule has 8 nitrogen and oxygen atoms in total. The van der Waals surface area contributed by atoms with Crippen LogP contribution in [0.5, 0.6) is 0 Å². The van der Waals surface area contributed by atoms with Crippen LogP contribution in [0.3, 0.4) is 0 Å². The second kappa shape index (κ2) is 4.33. The summed E-state index contributed by atoms with van der Waals surface area (Å²) in [5.74, 6) is 0. The normalized spacial score (nSPS) is 12.6. The molecule has 0 radical (unpaired) electrons. The maximum absolute atomic E-state index is 11.1. The predicted octanol–water partition coefficient (Wildman–Crippen LogP) is -1.18. The molecule has 15 heavy (non-hydrogen) atoms. The van der Waals surface area contributed by atoms with Crippen LogP contribution < -0.4 is 0 Å². The molecule has 0 saturated carbocycles. The molecule has 0 heterocycles. The fourth-order valence-electron chi connectivity index (χ4n) is 0.672. The van der Waals surface area contributed by atoms with Gasteiger partial charge in [-0.15, -0.1) is 4.41 Å². The third kappa shape index (κ3) is 3.64. The maximum atomic E-state index is 11.1. The number of amides is 1. The zero-order valence-electron chi connectivity index (χ0n) is 8.66. The Kier molecular flexibility index (Phi) is 4.08. The average Bonchev–Trinajstić information content (AvgIpc) is 1.99. The molecule has 10 heteroatoms. The Morgan fingerprint density at radius 1 is 1.07 bits per heavy atom. The number of ether oxygens (including phenoxy) is 1. The second-order valence-electron chi connectivity index (χ2n) is 2.67. The highest BCUT2D eigenvalue weighted by atomic mass is 32.2. The van der Waals surface area contributed by atoms with E-state index in [4.69, 9.17) is 0 Å². The first-order valence-electron chi connectivity index (χ1n) is 3.54. The topological polar surface area (TPSA) is 101 Å². The van der Waals surface area contributed by atoms with E-state index in [9.17, 15) is 21.6 Å². The predicted molar refractivity (Wildman–Crippen MR) is 51.7 cm³/mol. The molecular formula is C5H12N2O6S2. The Morgan fingerprint density at radius 2 is 1.47 bits per heavy atom. The van der Waals surface area contributed by atoms with E-state index in [1.165, 1.54) is 0 Å². The third-order valence-electron chi connectivity index (χ3n) is 1.38. The highest BCUT2D eigenvalue weighted by Crippen LogP contribution is 2.08. The number of nitrogens with zero attached hydrogens (tertiary/aromatic N) is 2. The van der Waals surface area contributed by atoms with Crippen LogP contribution in [0, 0.1) is 0 Å². The fraction of sp³-hybridized carbons (Fsp3) is 0.800. The van der Waals surface area contributed by atoms with E-state index in [-0.39, 0.29) is 8.83 Å². The number of hydrogen-bond acceptors (Lipinski definition) is 6. The summed E-state index contributed by atoms with van der Waals surface area (Å²) < 4.78 is 48.8. The molecule has 0 spiro atoms. The van der Waals surface area contributed by atoms with Gasteiger partial charge >= 0.3 is 6.09 Å². The lowest BCUT2D eigenvalue weighted by atomic mass is 11.2. The van der Waals surface area contributed by atoms with Crippen LogP contribution in [-0.2, 0) is 24.8 Å². The van der Waals surface area contributed by atoms with Gasteiger partial charge in [-0.1, -0.05) is 4.41 Å². The number of hydrogen-bond donors (Lipinski definition) is 0. The van der Waals surface area contributed by atoms with Crippen LogP contribution in [0.25, 0.3) is 0 Å². The van der Waals surface area contributed by atoms with Crippen molar-refractivity contribution in [2.24, 2.45) is 0 Å². The summed E-state index contributed by atoms with van der Waals surface area (Å²) in [7, 11) is -6.05. The summed E-state index contributed by atoms with van der Waals surface area (Å²) in [6, 6.07) is 0. The molecule has 0 unspecified atom stereocenters. The van der Waals surface area contributed by atoms with Crippen LogP contribution in [0.15, 0.2) is 0 Å². The van der Waals surface area contributed by atoms with Crippen LogP contribution in [0.2, 0.25) is 0 Å². The fourth-order valence-corrected chi connectivity index (χ4v) is 2.50. The number of sulfonamides is 2. The number of carbonyl (C=O) groups excluding carboxylic acids is 1. The Bertz CT molecular complexity index is 438. The van der Waals surface area contributed by atoms with E-state index in [2.05, 4.69) is 4.74 Å². The van der Waals surface area contributed by atoms with E-state index < -0.39 is 26.1 Å². The molecular weight excluding hydrogens is 248 g/mol. The van der Waals surface area contributed by atoms with Crippen LogP contribution in [0.1, 0.15) is 0 Å². The van der Waals surface area contributed by atoms with Gasteiger partial charge in [0.05, 0.1) is 19.6 Å². The SMILES string of the molecule is COC(=O)N(N(C)S(C)(=O)=O)S(C)(=O)=O. The monoisotopic (exact) mass is 260 g/mol. The van der Waals surface area contributed by atoms with E-state index in [0.717, 1.165) is 20.4 Å². The third-order valence-corrected chi connectivity index (χ3v) is 3.63. The molecule has 0 aliphatic carbocycles. The van der Waals surface area contributed by atoms with Crippen molar-refractivity contribution in [2.75, 3.05) is 26.7 Å². The summed E-state index contributed by atoms with van der Waals surface area (Å²) in [5.41, 5.74) is 0. The van der Waals surface area contributed by atoms with E-state index in [1.807, 2.05) is 0 Å². The minimum Gasteiger partial charge on any atom is -0.451 e. The lowest BCUT2D eigenvalue weighted by Gasteiger charge is -2.25.